The first kappa shape index (κ1) is 22.2. The van der Waals surface area contributed by atoms with Crippen LogP contribution in [0, 0.1) is 24.8 Å². The maximum absolute atomic E-state index is 15.1. The van der Waals surface area contributed by atoms with Gasteiger partial charge in [0.05, 0.1) is 17.9 Å². The van der Waals surface area contributed by atoms with Crippen molar-refractivity contribution in [2.45, 2.75) is 18.7 Å². The van der Waals surface area contributed by atoms with Crippen LogP contribution in [0.3, 0.4) is 0 Å². The monoisotopic (exact) mass is 456 g/mol. The Morgan fingerprint density at radius 1 is 1.25 bits per heavy atom. The summed E-state index contributed by atoms with van der Waals surface area (Å²) < 4.78 is 46.9. The van der Waals surface area contributed by atoms with Gasteiger partial charge in [0.15, 0.2) is 9.84 Å². The van der Waals surface area contributed by atoms with Crippen LogP contribution in [0.4, 0.5) is 4.39 Å². The van der Waals surface area contributed by atoms with E-state index in [0.717, 1.165) is 6.26 Å². The summed E-state index contributed by atoms with van der Waals surface area (Å²) in [5.74, 6) is -0.401. The topological polar surface area (TPSA) is 77.7 Å². The number of nitrogens with zero attached hydrogens (tertiary/aromatic N) is 2. The molecular weight excluding hydrogens is 431 g/mol. The van der Waals surface area contributed by atoms with Gasteiger partial charge in [0, 0.05) is 43.2 Å². The first-order chi connectivity index (χ1) is 15.1. The van der Waals surface area contributed by atoms with Crippen LogP contribution in [0.5, 0.6) is 5.75 Å². The number of rotatable bonds is 5. The summed E-state index contributed by atoms with van der Waals surface area (Å²) in [6.07, 6.45) is 9.48. The van der Waals surface area contributed by atoms with E-state index in [-0.39, 0.29) is 40.5 Å². The molecule has 2 heterocycles. The van der Waals surface area contributed by atoms with Gasteiger partial charge in [0.1, 0.15) is 22.7 Å². The van der Waals surface area contributed by atoms with Crippen LogP contribution in [0.25, 0.3) is 17.2 Å². The molecule has 2 aromatic rings. The third kappa shape index (κ3) is 3.95. The minimum atomic E-state index is -3.52. The van der Waals surface area contributed by atoms with Gasteiger partial charge in [0.2, 0.25) is 0 Å². The maximum atomic E-state index is 15.1. The number of pyridine rings is 1. The lowest BCUT2D eigenvalue weighted by Gasteiger charge is -2.23. The van der Waals surface area contributed by atoms with E-state index in [1.807, 2.05) is 13.8 Å². The standard InChI is InChI=1S/C24H23FN2O4S.H2/c1-14(2)16-6-5-7-21(22(16)25)31-20-9-8-15(32(4,29)30)12-18(20)19-13-27(3)24(28)23-17(19)10-11-26-23;/h5-14,16H,1-4H3;1H. The number of fused-ring (bicyclic) bond motifs is 1. The molecule has 0 saturated carbocycles. The van der Waals surface area contributed by atoms with Gasteiger partial charge in [-0.15, -0.1) is 0 Å². The molecule has 2 aliphatic rings. The third-order valence-electron chi connectivity index (χ3n) is 5.54. The Balaban J connectivity index is 0.00000306. The number of hydrogen-bond acceptors (Lipinski definition) is 5. The van der Waals surface area contributed by atoms with Gasteiger partial charge in [-0.05, 0) is 30.2 Å². The molecule has 8 heteroatoms. The van der Waals surface area contributed by atoms with E-state index >= 15 is 4.39 Å². The van der Waals surface area contributed by atoms with Crippen LogP contribution >= 0.6 is 0 Å². The molecule has 0 amide bonds. The zero-order valence-corrected chi connectivity index (χ0v) is 19.0. The van der Waals surface area contributed by atoms with E-state index in [4.69, 9.17) is 4.74 Å². The van der Waals surface area contributed by atoms with Crippen molar-refractivity contribution in [3.05, 3.63) is 82.0 Å². The highest BCUT2D eigenvalue weighted by Crippen LogP contribution is 2.36. The Kier molecular flexibility index (Phi) is 5.67. The molecule has 6 nitrogen and oxygen atoms in total. The molecule has 1 atom stereocenters. The second-order valence-electron chi connectivity index (χ2n) is 8.23. The molecule has 0 saturated heterocycles. The molecule has 1 aliphatic heterocycles. The second-order valence-corrected chi connectivity index (χ2v) is 10.2. The number of aromatic nitrogens is 1. The Morgan fingerprint density at radius 2 is 2.00 bits per heavy atom. The highest BCUT2D eigenvalue weighted by Gasteiger charge is 2.25. The number of hydrogen-bond donors (Lipinski definition) is 0. The number of halogens is 1. The molecule has 2 radical (unpaired) electrons. The molecule has 0 bridgehead atoms. The zero-order chi connectivity index (χ0) is 23.2. The molecule has 1 aliphatic carbocycles. The summed E-state index contributed by atoms with van der Waals surface area (Å²) in [6.45, 7) is 5.37. The lowest BCUT2D eigenvalue weighted by atomic mass is 9.90. The van der Waals surface area contributed by atoms with Gasteiger partial charge in [-0.2, -0.15) is 0 Å². The van der Waals surface area contributed by atoms with Gasteiger partial charge in [0.25, 0.3) is 5.56 Å². The van der Waals surface area contributed by atoms with Gasteiger partial charge in [-0.3, -0.25) is 9.79 Å². The molecule has 0 fully saturated rings. The zero-order valence-electron chi connectivity index (χ0n) is 18.2. The van der Waals surface area contributed by atoms with Crippen LogP contribution in [-0.2, 0) is 16.9 Å². The molecule has 4 rings (SSSR count). The minimum absolute atomic E-state index is 0. The van der Waals surface area contributed by atoms with E-state index < -0.39 is 15.8 Å². The summed E-state index contributed by atoms with van der Waals surface area (Å²) in [7, 11) is -1.92. The molecule has 1 unspecified atom stereocenters. The molecule has 1 aromatic carbocycles. The van der Waals surface area contributed by atoms with Crippen LogP contribution in [0.1, 0.15) is 15.3 Å². The first-order valence-corrected chi connectivity index (χ1v) is 12.0. The summed E-state index contributed by atoms with van der Waals surface area (Å²) in [5.41, 5.74) is 0.716. The third-order valence-corrected chi connectivity index (χ3v) is 6.65. The van der Waals surface area contributed by atoms with Gasteiger partial charge in [-0.25, -0.2) is 12.8 Å². The molecule has 0 N–H and O–H groups in total. The number of sulfone groups is 1. The average Bonchev–Trinajstić information content (AvgIpc) is 3.22. The van der Waals surface area contributed by atoms with Crippen molar-refractivity contribution < 1.29 is 19.0 Å². The number of benzene rings is 1. The maximum Gasteiger partial charge on any atom is 0.276 e. The summed E-state index contributed by atoms with van der Waals surface area (Å²) in [5, 5.41) is 0.823. The van der Waals surface area contributed by atoms with Crippen molar-refractivity contribution in [2.24, 2.45) is 23.9 Å². The van der Waals surface area contributed by atoms with E-state index in [2.05, 4.69) is 4.99 Å². The van der Waals surface area contributed by atoms with E-state index in [1.165, 1.54) is 29.3 Å². The minimum Gasteiger partial charge on any atom is -0.458 e. The van der Waals surface area contributed by atoms with E-state index in [9.17, 15) is 13.2 Å². The molecule has 168 valence electrons. The summed E-state index contributed by atoms with van der Waals surface area (Å²) >= 11 is 0. The van der Waals surface area contributed by atoms with Crippen LogP contribution in [0.15, 0.2) is 62.8 Å². The highest BCUT2D eigenvalue weighted by atomic mass is 32.2. The Hall–Kier alpha value is -3.00. The lowest BCUT2D eigenvalue weighted by Crippen LogP contribution is -2.43. The smallest absolute Gasteiger partial charge is 0.276 e. The summed E-state index contributed by atoms with van der Waals surface area (Å²) in [6, 6.07) is 4.41. The highest BCUT2D eigenvalue weighted by molar-refractivity contribution is 7.90. The fourth-order valence-electron chi connectivity index (χ4n) is 3.77. The van der Waals surface area contributed by atoms with E-state index in [1.54, 1.807) is 37.9 Å². The van der Waals surface area contributed by atoms with Crippen molar-refractivity contribution in [1.29, 1.82) is 0 Å². The lowest BCUT2D eigenvalue weighted by molar-refractivity contribution is 0.351. The number of allylic oxidation sites excluding steroid dienone is 3. The predicted octanol–water partition coefficient (Wildman–Crippen LogP) is 2.88. The molecular formula is C24H25FN2O4S. The van der Waals surface area contributed by atoms with Gasteiger partial charge >= 0.3 is 0 Å². The van der Waals surface area contributed by atoms with Crippen molar-refractivity contribution in [1.82, 2.24) is 4.57 Å². The molecule has 32 heavy (non-hydrogen) atoms. The average molecular weight is 457 g/mol. The first-order valence-electron chi connectivity index (χ1n) is 10.1. The Morgan fingerprint density at radius 3 is 2.69 bits per heavy atom. The van der Waals surface area contributed by atoms with Crippen molar-refractivity contribution in [3.63, 3.8) is 0 Å². The fraction of sp³-hybridized carbons (Fsp3) is 0.250. The van der Waals surface area contributed by atoms with Crippen molar-refractivity contribution in [2.75, 3.05) is 6.26 Å². The van der Waals surface area contributed by atoms with Crippen LogP contribution in [0.2, 0.25) is 0 Å². The number of ether oxygens (including phenoxy) is 1. The van der Waals surface area contributed by atoms with Gasteiger partial charge in [-0.1, -0.05) is 26.0 Å². The van der Waals surface area contributed by atoms with Crippen LogP contribution < -0.4 is 20.9 Å². The second kappa shape index (κ2) is 8.16. The van der Waals surface area contributed by atoms with Crippen LogP contribution in [-0.4, -0.2) is 19.2 Å². The van der Waals surface area contributed by atoms with Crippen molar-refractivity contribution >= 4 is 15.9 Å². The largest absolute Gasteiger partial charge is 0.458 e. The number of aryl methyl sites for hydroxylation is 1. The molecule has 0 spiro atoms. The van der Waals surface area contributed by atoms with Gasteiger partial charge < -0.3 is 9.30 Å². The summed E-state index contributed by atoms with van der Waals surface area (Å²) in [4.78, 5) is 16.7. The SMILES string of the molecule is CC(C)C1C=C[CH]C(Oc2ccc(S(C)(=O)=O)cc2-c2cn(C)c(=O)c3c2=C[CH]N=3)=C1F.[HH]. The normalized spacial score (nSPS) is 17.9. The van der Waals surface area contributed by atoms with E-state index in [0.29, 0.717) is 16.3 Å². The predicted molar refractivity (Wildman–Crippen MR) is 122 cm³/mol. The van der Waals surface area contributed by atoms with Crippen molar-refractivity contribution in [3.8, 4) is 16.9 Å². The Labute approximate surface area is 187 Å². The molecule has 1 aromatic heterocycles. The Bertz CT molecular complexity index is 1460. The quantitative estimate of drug-likeness (QED) is 0.693. The fourth-order valence-corrected chi connectivity index (χ4v) is 4.42.